The number of esters is 1. The lowest BCUT2D eigenvalue weighted by atomic mass is 9.78. The predicted molar refractivity (Wildman–Crippen MR) is 88.6 cm³/mol. The summed E-state index contributed by atoms with van der Waals surface area (Å²) in [5, 5.41) is 3.35. The highest BCUT2D eigenvalue weighted by molar-refractivity contribution is 5.91. The molecule has 128 valence electrons. The molecule has 3 heterocycles. The van der Waals surface area contributed by atoms with E-state index in [0.29, 0.717) is 18.6 Å². The zero-order valence-corrected chi connectivity index (χ0v) is 14.1. The van der Waals surface area contributed by atoms with Gasteiger partial charge in [0, 0.05) is 30.2 Å². The van der Waals surface area contributed by atoms with Crippen molar-refractivity contribution < 1.29 is 19.0 Å². The number of carbonyl (C=O) groups excluding carboxylic acids is 1. The van der Waals surface area contributed by atoms with Crippen LogP contribution in [0.3, 0.4) is 0 Å². The topological polar surface area (TPSA) is 56.8 Å². The Kier molecular flexibility index (Phi) is 3.76. The lowest BCUT2D eigenvalue weighted by molar-refractivity contribution is -0.143. The summed E-state index contributed by atoms with van der Waals surface area (Å²) in [7, 11) is 0. The van der Waals surface area contributed by atoms with E-state index in [4.69, 9.17) is 14.2 Å². The summed E-state index contributed by atoms with van der Waals surface area (Å²) >= 11 is 0. The second kappa shape index (κ2) is 5.81. The molecule has 3 aliphatic rings. The van der Waals surface area contributed by atoms with Crippen LogP contribution in [-0.4, -0.2) is 31.0 Å². The quantitative estimate of drug-likeness (QED) is 0.864. The Balaban J connectivity index is 1.60. The van der Waals surface area contributed by atoms with Crippen molar-refractivity contribution in [3.63, 3.8) is 0 Å². The molecule has 0 aromatic heterocycles. The summed E-state index contributed by atoms with van der Waals surface area (Å²) < 4.78 is 17.2. The molecule has 0 unspecified atom stereocenters. The average Bonchev–Trinajstić information content (AvgIpc) is 3.05. The van der Waals surface area contributed by atoms with Crippen molar-refractivity contribution in [2.75, 3.05) is 13.2 Å². The summed E-state index contributed by atoms with van der Waals surface area (Å²) in [5.41, 5.74) is 2.11. The molecule has 24 heavy (non-hydrogen) atoms. The average molecular weight is 329 g/mol. The van der Waals surface area contributed by atoms with E-state index in [0.717, 1.165) is 36.5 Å². The second-order valence-corrected chi connectivity index (χ2v) is 7.02. The van der Waals surface area contributed by atoms with Gasteiger partial charge in [0.25, 0.3) is 0 Å². The van der Waals surface area contributed by atoms with Crippen LogP contribution < -0.4 is 10.1 Å². The number of nitrogens with one attached hydrogen (secondary N) is 1. The van der Waals surface area contributed by atoms with Crippen LogP contribution in [0.4, 0.5) is 0 Å². The highest BCUT2D eigenvalue weighted by Crippen LogP contribution is 2.47. The lowest BCUT2D eigenvalue weighted by Gasteiger charge is -2.45. The summed E-state index contributed by atoms with van der Waals surface area (Å²) in [6.07, 6.45) is 2.75. The number of hydrogen-bond acceptors (Lipinski definition) is 5. The van der Waals surface area contributed by atoms with Crippen LogP contribution in [0.5, 0.6) is 5.75 Å². The number of para-hydroxylation sites is 1. The molecule has 2 bridgehead atoms. The number of ether oxygens (including phenoxy) is 3. The van der Waals surface area contributed by atoms with Gasteiger partial charge < -0.3 is 19.5 Å². The molecule has 0 saturated carbocycles. The van der Waals surface area contributed by atoms with Gasteiger partial charge in [0.2, 0.25) is 0 Å². The standard InChI is InChI=1S/C19H23NO4/c1-12-17(18(21)23-11-13-6-5-9-22-13)15-10-19(2,20-12)24-16-8-4-3-7-14(15)16/h3-4,7-8,13,15,20H,5-6,9-11H2,1-2H3/t13-,15+,19-/m0/s1. The minimum atomic E-state index is -0.485. The number of rotatable bonds is 3. The van der Waals surface area contributed by atoms with E-state index in [9.17, 15) is 4.79 Å². The van der Waals surface area contributed by atoms with Gasteiger partial charge in [0.05, 0.1) is 11.7 Å². The second-order valence-electron chi connectivity index (χ2n) is 7.02. The van der Waals surface area contributed by atoms with Crippen molar-refractivity contribution >= 4 is 5.97 Å². The van der Waals surface area contributed by atoms with E-state index in [1.54, 1.807) is 0 Å². The summed E-state index contributed by atoms with van der Waals surface area (Å²) in [6, 6.07) is 7.93. The van der Waals surface area contributed by atoms with Gasteiger partial charge >= 0.3 is 5.97 Å². The normalized spacial score (nSPS) is 31.1. The largest absolute Gasteiger partial charge is 0.468 e. The fourth-order valence-corrected chi connectivity index (χ4v) is 4.02. The molecule has 1 fully saturated rings. The molecule has 5 nitrogen and oxygen atoms in total. The van der Waals surface area contributed by atoms with Gasteiger partial charge in [-0.15, -0.1) is 0 Å². The number of benzene rings is 1. The molecule has 5 heteroatoms. The van der Waals surface area contributed by atoms with E-state index in [1.165, 1.54) is 0 Å². The van der Waals surface area contributed by atoms with Crippen LogP contribution in [0, 0.1) is 0 Å². The van der Waals surface area contributed by atoms with Crippen LogP contribution in [0.15, 0.2) is 35.5 Å². The predicted octanol–water partition coefficient (Wildman–Crippen LogP) is 2.87. The molecule has 3 aliphatic heterocycles. The number of hydrogen-bond donors (Lipinski definition) is 1. The summed E-state index contributed by atoms with van der Waals surface area (Å²) in [5.74, 6) is 0.582. The maximum absolute atomic E-state index is 12.8. The molecule has 4 rings (SSSR count). The SMILES string of the molecule is CC1=C(C(=O)OC[C@@H]2CCCO2)[C@@H]2C[C@@](C)(N1)Oc1ccccc12. The first-order valence-electron chi connectivity index (χ1n) is 8.61. The third-order valence-electron chi connectivity index (χ3n) is 5.07. The van der Waals surface area contributed by atoms with Gasteiger partial charge in [-0.3, -0.25) is 0 Å². The highest BCUT2D eigenvalue weighted by Gasteiger charge is 2.45. The van der Waals surface area contributed by atoms with Crippen molar-refractivity contribution in [2.45, 2.75) is 50.9 Å². The molecular formula is C19H23NO4. The number of carbonyl (C=O) groups is 1. The molecule has 0 spiro atoms. The molecule has 0 amide bonds. The minimum Gasteiger partial charge on any atom is -0.468 e. The van der Waals surface area contributed by atoms with Crippen molar-refractivity contribution in [1.29, 1.82) is 0 Å². The van der Waals surface area contributed by atoms with Gasteiger partial charge in [-0.05, 0) is 32.8 Å². The Bertz CT molecular complexity index is 692. The highest BCUT2D eigenvalue weighted by atomic mass is 16.6. The van der Waals surface area contributed by atoms with E-state index >= 15 is 0 Å². The Morgan fingerprint density at radius 2 is 2.25 bits per heavy atom. The number of allylic oxidation sites excluding steroid dienone is 1. The fraction of sp³-hybridized carbons (Fsp3) is 0.526. The smallest absolute Gasteiger partial charge is 0.336 e. The molecule has 1 N–H and O–H groups in total. The minimum absolute atomic E-state index is 0.00167. The summed E-state index contributed by atoms with van der Waals surface area (Å²) in [6.45, 7) is 5.03. The zero-order valence-electron chi connectivity index (χ0n) is 14.1. The first-order chi connectivity index (χ1) is 11.6. The van der Waals surface area contributed by atoms with Crippen molar-refractivity contribution in [3.05, 3.63) is 41.1 Å². The maximum atomic E-state index is 12.8. The van der Waals surface area contributed by atoms with Gasteiger partial charge in [-0.25, -0.2) is 4.79 Å². The van der Waals surface area contributed by atoms with Crippen LogP contribution in [0.25, 0.3) is 0 Å². The van der Waals surface area contributed by atoms with Crippen LogP contribution in [-0.2, 0) is 14.3 Å². The van der Waals surface area contributed by atoms with Crippen LogP contribution in [0.1, 0.15) is 44.6 Å². The van der Waals surface area contributed by atoms with Crippen molar-refractivity contribution in [2.24, 2.45) is 0 Å². The monoisotopic (exact) mass is 329 g/mol. The van der Waals surface area contributed by atoms with Crippen LogP contribution in [0.2, 0.25) is 0 Å². The van der Waals surface area contributed by atoms with Crippen LogP contribution >= 0.6 is 0 Å². The van der Waals surface area contributed by atoms with Gasteiger partial charge in [0.1, 0.15) is 12.4 Å². The Hall–Kier alpha value is -2.01. The molecular weight excluding hydrogens is 306 g/mol. The van der Waals surface area contributed by atoms with E-state index in [1.807, 2.05) is 38.1 Å². The van der Waals surface area contributed by atoms with Crippen molar-refractivity contribution in [1.82, 2.24) is 5.32 Å². The Morgan fingerprint density at radius 1 is 1.42 bits per heavy atom. The van der Waals surface area contributed by atoms with Gasteiger partial charge in [0.15, 0.2) is 5.72 Å². The summed E-state index contributed by atoms with van der Waals surface area (Å²) in [4.78, 5) is 12.8. The van der Waals surface area contributed by atoms with Gasteiger partial charge in [-0.2, -0.15) is 0 Å². The first kappa shape index (κ1) is 15.5. The third-order valence-corrected chi connectivity index (χ3v) is 5.07. The van der Waals surface area contributed by atoms with Crippen molar-refractivity contribution in [3.8, 4) is 5.75 Å². The molecule has 1 saturated heterocycles. The molecule has 0 radical (unpaired) electrons. The molecule has 3 atom stereocenters. The Morgan fingerprint density at radius 3 is 3.04 bits per heavy atom. The first-order valence-corrected chi connectivity index (χ1v) is 8.61. The Labute approximate surface area is 142 Å². The van der Waals surface area contributed by atoms with E-state index in [-0.39, 0.29) is 18.0 Å². The fourth-order valence-electron chi connectivity index (χ4n) is 4.02. The van der Waals surface area contributed by atoms with Gasteiger partial charge in [-0.1, -0.05) is 18.2 Å². The van der Waals surface area contributed by atoms with E-state index < -0.39 is 5.72 Å². The third kappa shape index (κ3) is 2.67. The molecule has 1 aromatic carbocycles. The lowest BCUT2D eigenvalue weighted by Crippen LogP contribution is -2.54. The van der Waals surface area contributed by atoms with E-state index in [2.05, 4.69) is 5.32 Å². The molecule has 1 aromatic rings. The maximum Gasteiger partial charge on any atom is 0.336 e. The molecule has 0 aliphatic carbocycles. The number of fused-ring (bicyclic) bond motifs is 4. The zero-order chi connectivity index (χ0) is 16.7.